The summed E-state index contributed by atoms with van der Waals surface area (Å²) in [5, 5.41) is 20.8. The van der Waals surface area contributed by atoms with Crippen molar-refractivity contribution in [3.63, 3.8) is 0 Å². The smallest absolute Gasteiger partial charge is 0.220 e. The molecule has 0 N–H and O–H groups in total. The Balaban J connectivity index is 1.66. The van der Waals surface area contributed by atoms with Crippen molar-refractivity contribution in [3.8, 4) is 22.9 Å². The Morgan fingerprint density at radius 1 is 1.13 bits per heavy atom. The number of hydrogen-bond donors (Lipinski definition) is 0. The van der Waals surface area contributed by atoms with E-state index in [0.717, 1.165) is 17.0 Å². The molecule has 0 aliphatic heterocycles. The molecule has 204 valence electrons. The molecule has 4 aromatic rings. The van der Waals surface area contributed by atoms with Crippen LogP contribution in [0.15, 0.2) is 70.3 Å². The van der Waals surface area contributed by atoms with Crippen LogP contribution < -0.4 is 14.2 Å². The van der Waals surface area contributed by atoms with Gasteiger partial charge in [-0.05, 0) is 89.4 Å². The van der Waals surface area contributed by atoms with Crippen LogP contribution in [0, 0.1) is 17.0 Å². The lowest BCUT2D eigenvalue weighted by molar-refractivity contribution is -0.479. The van der Waals surface area contributed by atoms with Gasteiger partial charge in [0.05, 0.1) is 18.2 Å². The molecule has 1 heterocycles. The molecule has 0 fully saturated rings. The van der Waals surface area contributed by atoms with Crippen LogP contribution in [0.2, 0.25) is 5.02 Å². The van der Waals surface area contributed by atoms with Gasteiger partial charge in [-0.2, -0.15) is 0 Å². The summed E-state index contributed by atoms with van der Waals surface area (Å²) in [7, 11) is 1.60. The van der Waals surface area contributed by atoms with Crippen LogP contribution in [-0.4, -0.2) is 39.9 Å². The highest BCUT2D eigenvalue weighted by Crippen LogP contribution is 2.43. The van der Waals surface area contributed by atoms with Crippen LogP contribution in [-0.2, 0) is 6.61 Å². The molecule has 0 aliphatic rings. The molecule has 0 unspecified atom stereocenters. The number of rotatable bonds is 12. The van der Waals surface area contributed by atoms with Crippen molar-refractivity contribution in [1.29, 1.82) is 0 Å². The molecule has 1 atom stereocenters. The van der Waals surface area contributed by atoms with Crippen molar-refractivity contribution in [3.05, 3.63) is 97.2 Å². The Hall–Kier alpha value is -3.28. The summed E-state index contributed by atoms with van der Waals surface area (Å²) in [5.74, 6) is 2.35. The van der Waals surface area contributed by atoms with Gasteiger partial charge in [0.2, 0.25) is 6.54 Å². The predicted octanol–water partition coefficient (Wildman–Crippen LogP) is 7.09. The van der Waals surface area contributed by atoms with Gasteiger partial charge in [0.1, 0.15) is 23.4 Å². The Morgan fingerprint density at radius 2 is 1.90 bits per heavy atom. The number of methoxy groups -OCH3 is 1. The normalized spacial score (nSPS) is 11.7. The second-order valence-electron chi connectivity index (χ2n) is 8.37. The van der Waals surface area contributed by atoms with Gasteiger partial charge in [0, 0.05) is 15.6 Å². The third kappa shape index (κ3) is 7.23. The standard InChI is InChI=1S/C27H26BrClN4O5S/c1-4-37-24-14-19(13-23(28)26(24)38-16-18-6-5-7-20(29)12-18)25(15-32(34)35)39-27-31-30-17(2)33(27)21-8-10-22(36-3)11-9-21/h5-14,25H,4,15-16H2,1-3H3/t25-/m0/s1. The van der Waals surface area contributed by atoms with E-state index in [1.807, 2.05) is 66.9 Å². The van der Waals surface area contributed by atoms with E-state index in [0.29, 0.717) is 44.1 Å². The maximum atomic E-state index is 11.7. The quantitative estimate of drug-likeness (QED) is 0.0926. The van der Waals surface area contributed by atoms with Crippen LogP contribution >= 0.6 is 39.3 Å². The molecule has 0 bridgehead atoms. The number of benzene rings is 3. The van der Waals surface area contributed by atoms with Gasteiger partial charge < -0.3 is 14.2 Å². The third-order valence-electron chi connectivity index (χ3n) is 5.66. The average molecular weight is 634 g/mol. The Labute approximate surface area is 243 Å². The van der Waals surface area contributed by atoms with E-state index in [1.165, 1.54) is 11.8 Å². The molecule has 0 radical (unpaired) electrons. The zero-order valence-electron chi connectivity index (χ0n) is 21.5. The molecule has 4 rings (SSSR count). The molecular weight excluding hydrogens is 608 g/mol. The first-order valence-corrected chi connectivity index (χ1v) is 14.0. The van der Waals surface area contributed by atoms with E-state index in [9.17, 15) is 10.1 Å². The fourth-order valence-corrected chi connectivity index (χ4v) is 5.82. The Kier molecular flexibility index (Phi) is 9.71. The highest BCUT2D eigenvalue weighted by Gasteiger charge is 2.26. The summed E-state index contributed by atoms with van der Waals surface area (Å²) in [4.78, 5) is 11.4. The van der Waals surface area contributed by atoms with Gasteiger partial charge in [-0.15, -0.1) is 10.2 Å². The van der Waals surface area contributed by atoms with Crippen LogP contribution in [0.3, 0.4) is 0 Å². The summed E-state index contributed by atoms with van der Waals surface area (Å²) < 4.78 is 19.7. The van der Waals surface area contributed by atoms with Gasteiger partial charge in [-0.1, -0.05) is 35.5 Å². The second-order valence-corrected chi connectivity index (χ2v) is 10.8. The van der Waals surface area contributed by atoms with Crippen molar-refractivity contribution in [1.82, 2.24) is 14.8 Å². The SMILES string of the molecule is CCOc1cc([C@H](C[N+](=O)[O-])Sc2nnc(C)n2-c2ccc(OC)cc2)cc(Br)c1OCc1cccc(Cl)c1. The predicted molar refractivity (Wildman–Crippen MR) is 154 cm³/mol. The summed E-state index contributed by atoms with van der Waals surface area (Å²) in [5.41, 5.74) is 2.40. The van der Waals surface area contributed by atoms with Gasteiger partial charge in [0.25, 0.3) is 0 Å². The fourth-order valence-electron chi connectivity index (χ4n) is 3.88. The number of halogens is 2. The molecule has 0 aliphatic carbocycles. The monoisotopic (exact) mass is 632 g/mol. The highest BCUT2D eigenvalue weighted by atomic mass is 79.9. The number of nitro groups is 1. The number of aromatic nitrogens is 3. The van der Waals surface area contributed by atoms with E-state index < -0.39 is 5.25 Å². The highest BCUT2D eigenvalue weighted by molar-refractivity contribution is 9.10. The summed E-state index contributed by atoms with van der Waals surface area (Å²) in [6.45, 7) is 4.03. The summed E-state index contributed by atoms with van der Waals surface area (Å²) in [6.07, 6.45) is 0. The average Bonchev–Trinajstić information content (AvgIpc) is 3.27. The number of hydrogen-bond acceptors (Lipinski definition) is 8. The molecule has 0 saturated heterocycles. The minimum absolute atomic E-state index is 0.274. The second kappa shape index (κ2) is 13.2. The summed E-state index contributed by atoms with van der Waals surface area (Å²) in [6, 6.07) is 18.4. The van der Waals surface area contributed by atoms with Crippen molar-refractivity contribution >= 4 is 39.3 Å². The van der Waals surface area contributed by atoms with Gasteiger partial charge in [-0.3, -0.25) is 14.7 Å². The van der Waals surface area contributed by atoms with Crippen molar-refractivity contribution in [2.75, 3.05) is 20.3 Å². The molecule has 3 aromatic carbocycles. The van der Waals surface area contributed by atoms with Crippen LogP contribution in [0.1, 0.15) is 29.1 Å². The van der Waals surface area contributed by atoms with E-state index in [-0.39, 0.29) is 18.1 Å². The molecule has 1 aromatic heterocycles. The maximum absolute atomic E-state index is 11.7. The maximum Gasteiger partial charge on any atom is 0.220 e. The van der Waals surface area contributed by atoms with Crippen molar-refractivity contribution < 1.29 is 19.1 Å². The lowest BCUT2D eigenvalue weighted by Crippen LogP contribution is -2.12. The first-order valence-electron chi connectivity index (χ1n) is 12.0. The van der Waals surface area contributed by atoms with Crippen LogP contribution in [0.25, 0.3) is 5.69 Å². The molecule has 0 saturated carbocycles. The number of aryl methyl sites for hydroxylation is 1. The molecule has 0 spiro atoms. The minimum Gasteiger partial charge on any atom is -0.497 e. The number of nitrogens with zero attached hydrogens (tertiary/aromatic N) is 4. The van der Waals surface area contributed by atoms with Crippen LogP contribution in [0.5, 0.6) is 17.2 Å². The van der Waals surface area contributed by atoms with E-state index in [2.05, 4.69) is 26.1 Å². The Morgan fingerprint density at radius 3 is 2.56 bits per heavy atom. The van der Waals surface area contributed by atoms with Crippen molar-refractivity contribution in [2.45, 2.75) is 30.9 Å². The number of ether oxygens (including phenoxy) is 3. The first-order chi connectivity index (χ1) is 18.8. The zero-order valence-corrected chi connectivity index (χ0v) is 24.6. The first kappa shape index (κ1) is 28.7. The minimum atomic E-state index is -0.585. The fraction of sp³-hybridized carbons (Fsp3) is 0.259. The molecule has 9 nitrogen and oxygen atoms in total. The third-order valence-corrected chi connectivity index (χ3v) is 7.67. The van der Waals surface area contributed by atoms with Crippen molar-refractivity contribution in [2.24, 2.45) is 0 Å². The molecule has 39 heavy (non-hydrogen) atoms. The topological polar surface area (TPSA) is 102 Å². The van der Waals surface area contributed by atoms with E-state index in [4.69, 9.17) is 25.8 Å². The van der Waals surface area contributed by atoms with Gasteiger partial charge in [0.15, 0.2) is 16.7 Å². The lowest BCUT2D eigenvalue weighted by Gasteiger charge is -2.19. The zero-order chi connectivity index (χ0) is 27.9. The van der Waals surface area contributed by atoms with E-state index in [1.54, 1.807) is 19.2 Å². The molecule has 12 heteroatoms. The lowest BCUT2D eigenvalue weighted by atomic mass is 10.1. The van der Waals surface area contributed by atoms with E-state index >= 15 is 0 Å². The number of thioether (sulfide) groups is 1. The van der Waals surface area contributed by atoms with Gasteiger partial charge >= 0.3 is 0 Å². The molecule has 0 amide bonds. The largest absolute Gasteiger partial charge is 0.497 e. The summed E-state index contributed by atoms with van der Waals surface area (Å²) >= 11 is 11.0. The Bertz CT molecular complexity index is 1450. The molecular formula is C27H26BrClN4O5S. The van der Waals surface area contributed by atoms with Crippen LogP contribution in [0.4, 0.5) is 0 Å². The van der Waals surface area contributed by atoms with Gasteiger partial charge in [-0.25, -0.2) is 0 Å².